The summed E-state index contributed by atoms with van der Waals surface area (Å²) in [6, 6.07) is 0. The van der Waals surface area contributed by atoms with E-state index < -0.39 is 55.6 Å². The molecule has 0 aromatic carbocycles. The van der Waals surface area contributed by atoms with Gasteiger partial charge in [-0.25, -0.2) is 0 Å². The second-order valence-corrected chi connectivity index (χ2v) is 32.9. The average Bonchev–Trinajstić information content (AvgIpc) is 2.50. The van der Waals surface area contributed by atoms with Gasteiger partial charge in [0, 0.05) is 0 Å². The first-order chi connectivity index (χ1) is 14.5. The fraction of sp³-hybridized carbons (Fsp3) is 1.00. The van der Waals surface area contributed by atoms with Crippen LogP contribution in [0.2, 0.25) is 78.6 Å². The van der Waals surface area contributed by atoms with Crippen LogP contribution >= 0.6 is 34.8 Å². The first kappa shape index (κ1) is 32.5. The molecule has 6 nitrogen and oxygen atoms in total. The third-order valence-corrected chi connectivity index (χ3v) is 8.45. The van der Waals surface area contributed by atoms with Crippen LogP contribution in [0.3, 0.4) is 0 Å². The van der Waals surface area contributed by atoms with Crippen molar-refractivity contribution in [2.24, 2.45) is 0 Å². The van der Waals surface area contributed by atoms with Crippen LogP contribution in [0.15, 0.2) is 0 Å². The summed E-state index contributed by atoms with van der Waals surface area (Å²) in [5, 5.41) is 0. The molecule has 1 aliphatic heterocycles. The van der Waals surface area contributed by atoms with Gasteiger partial charge in [0.05, 0.1) is 13.2 Å². The molecule has 0 radical (unpaired) electrons. The van der Waals surface area contributed by atoms with E-state index >= 15 is 0 Å². The molecule has 13 heteroatoms. The Kier molecular flexibility index (Phi) is 11.7. The zero-order valence-corrected chi connectivity index (χ0v) is 28.7. The Balaban J connectivity index is 3.46. The van der Waals surface area contributed by atoms with Gasteiger partial charge in [0.15, 0.2) is 39.6 Å². The van der Waals surface area contributed by atoms with Gasteiger partial charge in [-0.1, -0.05) is 34.8 Å². The third-order valence-electron chi connectivity index (χ3n) is 4.15. The number of ether oxygens (including phenoxy) is 2. The van der Waals surface area contributed by atoms with Crippen molar-refractivity contribution in [1.29, 1.82) is 0 Å². The number of alkyl halides is 3. The molecule has 1 saturated heterocycles. The quantitative estimate of drug-likeness (QED) is 0.197. The first-order valence-corrected chi connectivity index (χ1v) is 26.2. The topological polar surface area (TPSA) is 55.4 Å². The molecule has 0 N–H and O–H groups in total. The number of rotatable bonds is 11. The van der Waals surface area contributed by atoms with Gasteiger partial charge < -0.3 is 27.2 Å². The van der Waals surface area contributed by atoms with Gasteiger partial charge in [0.25, 0.3) is 0 Å². The van der Waals surface area contributed by atoms with Gasteiger partial charge in [0.2, 0.25) is 3.79 Å². The fourth-order valence-electron chi connectivity index (χ4n) is 3.28. The number of hydrogen-bond donors (Lipinski definition) is 0. The molecule has 33 heavy (non-hydrogen) atoms. The second kappa shape index (κ2) is 11.9. The third kappa shape index (κ3) is 14.1. The summed E-state index contributed by atoms with van der Waals surface area (Å²) in [6.07, 6.45) is -2.43. The van der Waals surface area contributed by atoms with E-state index in [1.165, 1.54) is 0 Å². The van der Waals surface area contributed by atoms with E-state index in [9.17, 15) is 0 Å². The Labute approximate surface area is 220 Å². The van der Waals surface area contributed by atoms with Crippen molar-refractivity contribution < 1.29 is 27.2 Å². The van der Waals surface area contributed by atoms with E-state index in [1.807, 2.05) is 0 Å². The molecular weight excluding hydrogens is 555 g/mol. The Morgan fingerprint density at radius 3 is 1.45 bits per heavy atom. The zero-order valence-electron chi connectivity index (χ0n) is 22.4. The molecule has 1 heterocycles. The highest BCUT2D eigenvalue weighted by atomic mass is 35.6. The van der Waals surface area contributed by atoms with E-state index in [4.69, 9.17) is 62.0 Å². The highest BCUT2D eigenvalue weighted by Crippen LogP contribution is 2.36. The van der Waals surface area contributed by atoms with Crippen LogP contribution in [0.1, 0.15) is 0 Å². The van der Waals surface area contributed by atoms with Gasteiger partial charge in [-0.15, -0.1) is 0 Å². The molecule has 1 fully saturated rings. The lowest BCUT2D eigenvalue weighted by atomic mass is 9.99. The summed E-state index contributed by atoms with van der Waals surface area (Å²) >= 11 is 18.0. The van der Waals surface area contributed by atoms with E-state index in [2.05, 4.69) is 78.6 Å². The minimum absolute atomic E-state index is 0.130. The molecule has 0 amide bonds. The summed E-state index contributed by atoms with van der Waals surface area (Å²) in [5.41, 5.74) is 0. The van der Waals surface area contributed by atoms with Gasteiger partial charge in [-0.3, -0.25) is 0 Å². The Hall–Kier alpha value is 1.50. The lowest BCUT2D eigenvalue weighted by Gasteiger charge is -2.51. The minimum Gasteiger partial charge on any atom is -0.415 e. The maximum Gasteiger partial charge on any atom is 0.213 e. The summed E-state index contributed by atoms with van der Waals surface area (Å²) in [7, 11) is -7.82. The normalized spacial score (nSPS) is 28.3. The lowest BCUT2D eigenvalue weighted by molar-refractivity contribution is -0.290. The van der Waals surface area contributed by atoms with E-state index in [0.29, 0.717) is 6.61 Å². The van der Waals surface area contributed by atoms with Crippen LogP contribution in [0.4, 0.5) is 0 Å². The fourth-order valence-corrected chi connectivity index (χ4v) is 7.38. The van der Waals surface area contributed by atoms with Crippen molar-refractivity contribution in [3.63, 3.8) is 0 Å². The van der Waals surface area contributed by atoms with E-state index in [0.717, 1.165) is 0 Å². The highest BCUT2D eigenvalue weighted by Gasteiger charge is 2.52. The van der Waals surface area contributed by atoms with Crippen molar-refractivity contribution in [3.05, 3.63) is 0 Å². The Morgan fingerprint density at radius 2 is 1.06 bits per heavy atom. The van der Waals surface area contributed by atoms with Crippen LogP contribution in [0.5, 0.6) is 0 Å². The Bertz CT molecular complexity index is 567. The number of hydrogen-bond acceptors (Lipinski definition) is 6. The van der Waals surface area contributed by atoms with Crippen LogP contribution in [-0.4, -0.2) is 81.0 Å². The maximum atomic E-state index is 6.75. The van der Waals surface area contributed by atoms with Crippen LogP contribution in [-0.2, 0) is 27.2 Å². The lowest BCUT2D eigenvalue weighted by Crippen LogP contribution is -2.66. The molecule has 0 saturated carbocycles. The number of halogens is 3. The second-order valence-electron chi connectivity index (χ2n) is 12.5. The minimum atomic E-state index is -2.03. The van der Waals surface area contributed by atoms with Crippen molar-refractivity contribution in [2.45, 2.75) is 113 Å². The van der Waals surface area contributed by atoms with Crippen molar-refractivity contribution >= 4 is 68.1 Å². The molecule has 0 aromatic rings. The SMILES string of the molecule is C[Si](C)(C)OCC1O[C@H](OCC(Cl)(Cl)Cl)C(O[Si](C)(C)C)C(O[Si](C)(C)C)[C@@H]1O[Si](C)(C)C. The van der Waals surface area contributed by atoms with Gasteiger partial charge in [-0.2, -0.15) is 0 Å². The van der Waals surface area contributed by atoms with Gasteiger partial charge in [0.1, 0.15) is 24.4 Å². The predicted molar refractivity (Wildman–Crippen MR) is 149 cm³/mol. The molecular formula is C20H45Cl3O6Si4. The van der Waals surface area contributed by atoms with E-state index in [-0.39, 0.29) is 18.8 Å². The summed E-state index contributed by atoms with van der Waals surface area (Å²) in [6.45, 7) is 26.0. The van der Waals surface area contributed by atoms with Crippen molar-refractivity contribution in [2.75, 3.05) is 13.2 Å². The maximum absolute atomic E-state index is 6.75. The molecule has 0 bridgehead atoms. The van der Waals surface area contributed by atoms with Gasteiger partial charge in [-0.05, 0) is 78.6 Å². The van der Waals surface area contributed by atoms with Crippen LogP contribution in [0.25, 0.3) is 0 Å². The molecule has 5 atom stereocenters. The molecule has 198 valence electrons. The van der Waals surface area contributed by atoms with E-state index in [1.54, 1.807) is 0 Å². The summed E-state index contributed by atoms with van der Waals surface area (Å²) < 4.78 is 37.2. The van der Waals surface area contributed by atoms with Crippen molar-refractivity contribution in [1.82, 2.24) is 0 Å². The van der Waals surface area contributed by atoms with Crippen LogP contribution in [0, 0.1) is 0 Å². The van der Waals surface area contributed by atoms with Crippen molar-refractivity contribution in [3.8, 4) is 0 Å². The molecule has 0 aromatic heterocycles. The largest absolute Gasteiger partial charge is 0.415 e. The standard InChI is InChI=1S/C20H45Cl3O6Si4/c1-30(2,3)25-13-15-16(27-31(4,5)6)17(28-32(7,8)9)18(29-33(10,11)12)19(26-15)24-14-20(21,22)23/h15-19H,13-14H2,1-12H3/t15?,16-,17?,18?,19+/m1/s1. The smallest absolute Gasteiger partial charge is 0.213 e. The molecule has 3 unspecified atom stereocenters. The molecule has 1 aliphatic rings. The molecule has 1 rings (SSSR count). The summed E-state index contributed by atoms with van der Waals surface area (Å²) in [4.78, 5) is 0. The monoisotopic (exact) mass is 598 g/mol. The first-order valence-electron chi connectivity index (χ1n) is 11.5. The summed E-state index contributed by atoms with van der Waals surface area (Å²) in [5.74, 6) is 0. The van der Waals surface area contributed by atoms with Crippen LogP contribution < -0.4 is 0 Å². The molecule has 0 aliphatic carbocycles. The molecule has 0 spiro atoms. The average molecular weight is 600 g/mol. The highest BCUT2D eigenvalue weighted by molar-refractivity contribution is 6.71. The van der Waals surface area contributed by atoms with Gasteiger partial charge >= 0.3 is 0 Å². The predicted octanol–water partition coefficient (Wildman–Crippen LogP) is 6.61. The Morgan fingerprint density at radius 1 is 0.636 bits per heavy atom. The zero-order chi connectivity index (χ0) is 26.0.